The summed E-state index contributed by atoms with van der Waals surface area (Å²) in [4.78, 5) is 13.9. The highest BCUT2D eigenvalue weighted by Gasteiger charge is 2.35. The number of hydrogen-bond donors (Lipinski definition) is 1. The normalized spacial score (nSPS) is 24.3. The van der Waals surface area contributed by atoms with Crippen molar-refractivity contribution in [2.24, 2.45) is 5.92 Å². The molecule has 0 aromatic rings. The molecule has 2 atom stereocenters. The molecule has 1 N–H and O–H groups in total. The quantitative estimate of drug-likeness (QED) is 0.861. The van der Waals surface area contributed by atoms with Crippen LogP contribution in [0.1, 0.15) is 33.6 Å². The molecule has 2 rings (SSSR count). The predicted octanol–water partition coefficient (Wildman–Crippen LogP) is 2.14. The minimum Gasteiger partial charge on any atom is -0.496 e. The average molecular weight is 282 g/mol. The van der Waals surface area contributed by atoms with Crippen LogP contribution in [0, 0.1) is 5.92 Å². The number of amides is 1. The molecule has 0 saturated carbocycles. The number of rotatable bonds is 3. The molecule has 5 heteroatoms. The summed E-state index contributed by atoms with van der Waals surface area (Å²) in [6.45, 7) is 7.94. The van der Waals surface area contributed by atoms with Crippen molar-refractivity contribution in [2.75, 3.05) is 26.7 Å². The third-order valence-electron chi connectivity index (χ3n) is 3.70. The van der Waals surface area contributed by atoms with Crippen molar-refractivity contribution >= 4 is 6.09 Å². The maximum absolute atomic E-state index is 12.1. The van der Waals surface area contributed by atoms with Crippen molar-refractivity contribution in [3.05, 3.63) is 11.8 Å². The first-order valence-electron chi connectivity index (χ1n) is 7.39. The first-order valence-corrected chi connectivity index (χ1v) is 7.39. The summed E-state index contributed by atoms with van der Waals surface area (Å²) in [5, 5.41) is 3.32. The molecule has 0 aromatic carbocycles. The van der Waals surface area contributed by atoms with Gasteiger partial charge in [-0.3, -0.25) is 0 Å². The summed E-state index contributed by atoms with van der Waals surface area (Å²) in [5.41, 5.74) is -0.436. The van der Waals surface area contributed by atoms with Crippen molar-refractivity contribution in [1.29, 1.82) is 0 Å². The van der Waals surface area contributed by atoms with Crippen LogP contribution >= 0.6 is 0 Å². The first-order chi connectivity index (χ1) is 9.40. The van der Waals surface area contributed by atoms with E-state index in [2.05, 4.69) is 11.4 Å². The van der Waals surface area contributed by atoms with Crippen molar-refractivity contribution < 1.29 is 14.3 Å². The van der Waals surface area contributed by atoms with E-state index in [4.69, 9.17) is 9.47 Å². The smallest absolute Gasteiger partial charge is 0.410 e. The highest BCUT2D eigenvalue weighted by Crippen LogP contribution is 2.27. The van der Waals surface area contributed by atoms with Gasteiger partial charge in [0.05, 0.1) is 12.6 Å². The molecule has 1 saturated heterocycles. The second kappa shape index (κ2) is 6.04. The molecule has 2 aliphatic rings. The van der Waals surface area contributed by atoms with E-state index < -0.39 is 5.60 Å². The van der Waals surface area contributed by atoms with Crippen LogP contribution in [0.25, 0.3) is 0 Å². The lowest BCUT2D eigenvalue weighted by Crippen LogP contribution is -2.39. The molecule has 5 nitrogen and oxygen atoms in total. The topological polar surface area (TPSA) is 50.8 Å². The van der Waals surface area contributed by atoms with Crippen molar-refractivity contribution in [3.63, 3.8) is 0 Å². The zero-order valence-corrected chi connectivity index (χ0v) is 12.9. The first kappa shape index (κ1) is 15.2. The molecule has 0 bridgehead atoms. The summed E-state index contributed by atoms with van der Waals surface area (Å²) < 4.78 is 11.1. The monoisotopic (exact) mass is 282 g/mol. The van der Waals surface area contributed by atoms with E-state index in [1.54, 1.807) is 4.90 Å². The van der Waals surface area contributed by atoms with Gasteiger partial charge in [0, 0.05) is 25.4 Å². The number of likely N-dealkylation sites (N-methyl/N-ethyl adjacent to an activating group) is 1. The Bertz CT molecular complexity index is 387. The number of hydrogen-bond acceptors (Lipinski definition) is 4. The SMILES string of the molecule is CNC(C1=CCCO1)C1CCN(C(=O)OC(C)(C)C)C1. The van der Waals surface area contributed by atoms with E-state index in [1.807, 2.05) is 27.8 Å². The summed E-state index contributed by atoms with van der Waals surface area (Å²) >= 11 is 0. The van der Waals surface area contributed by atoms with Gasteiger partial charge in [-0.05, 0) is 40.3 Å². The third-order valence-corrected chi connectivity index (χ3v) is 3.70. The van der Waals surface area contributed by atoms with E-state index in [0.717, 1.165) is 38.3 Å². The molecule has 2 unspecified atom stereocenters. The van der Waals surface area contributed by atoms with Crippen LogP contribution in [0.4, 0.5) is 4.79 Å². The Kier molecular flexibility index (Phi) is 4.58. The van der Waals surface area contributed by atoms with Gasteiger partial charge in [0.15, 0.2) is 0 Å². The van der Waals surface area contributed by atoms with Gasteiger partial charge < -0.3 is 19.7 Å². The van der Waals surface area contributed by atoms with Crippen molar-refractivity contribution in [1.82, 2.24) is 10.2 Å². The predicted molar refractivity (Wildman–Crippen MR) is 77.4 cm³/mol. The highest BCUT2D eigenvalue weighted by atomic mass is 16.6. The molecule has 114 valence electrons. The Morgan fingerprint density at radius 3 is 2.85 bits per heavy atom. The second-order valence-electron chi connectivity index (χ2n) is 6.49. The Hall–Kier alpha value is -1.23. The summed E-state index contributed by atoms with van der Waals surface area (Å²) in [7, 11) is 1.95. The molecular weight excluding hydrogens is 256 g/mol. The van der Waals surface area contributed by atoms with Gasteiger partial charge in [-0.1, -0.05) is 0 Å². The second-order valence-corrected chi connectivity index (χ2v) is 6.49. The van der Waals surface area contributed by atoms with E-state index >= 15 is 0 Å². The van der Waals surface area contributed by atoms with E-state index in [-0.39, 0.29) is 12.1 Å². The van der Waals surface area contributed by atoms with Crippen LogP contribution in [0.5, 0.6) is 0 Å². The standard InChI is InChI=1S/C15H26N2O3/c1-15(2,3)20-14(18)17-8-7-11(10-17)13(16-4)12-6-5-9-19-12/h6,11,13,16H,5,7-10H2,1-4H3. The summed E-state index contributed by atoms with van der Waals surface area (Å²) in [6.07, 6.45) is 3.90. The Morgan fingerprint density at radius 1 is 1.55 bits per heavy atom. The third kappa shape index (κ3) is 3.66. The van der Waals surface area contributed by atoms with E-state index in [9.17, 15) is 4.79 Å². The van der Waals surface area contributed by atoms with Crippen LogP contribution in [0.3, 0.4) is 0 Å². The Balaban J connectivity index is 1.92. The van der Waals surface area contributed by atoms with Crippen LogP contribution < -0.4 is 5.32 Å². The molecule has 0 spiro atoms. The lowest BCUT2D eigenvalue weighted by Gasteiger charge is -2.26. The fourth-order valence-electron chi connectivity index (χ4n) is 2.82. The minimum absolute atomic E-state index is 0.199. The van der Waals surface area contributed by atoms with E-state index in [0.29, 0.717) is 5.92 Å². The number of carbonyl (C=O) groups is 1. The lowest BCUT2D eigenvalue weighted by molar-refractivity contribution is 0.0284. The minimum atomic E-state index is -0.436. The lowest BCUT2D eigenvalue weighted by atomic mass is 9.97. The zero-order chi connectivity index (χ0) is 14.8. The van der Waals surface area contributed by atoms with Gasteiger partial charge in [-0.2, -0.15) is 0 Å². The molecule has 0 radical (unpaired) electrons. The fraction of sp³-hybridized carbons (Fsp3) is 0.800. The van der Waals surface area contributed by atoms with Gasteiger partial charge in [0.2, 0.25) is 0 Å². The zero-order valence-electron chi connectivity index (χ0n) is 12.9. The fourth-order valence-corrected chi connectivity index (χ4v) is 2.82. The summed E-state index contributed by atoms with van der Waals surface area (Å²) in [6, 6.07) is 0.199. The van der Waals surface area contributed by atoms with Gasteiger partial charge in [0.25, 0.3) is 0 Å². The van der Waals surface area contributed by atoms with E-state index in [1.165, 1.54) is 0 Å². The molecule has 0 aromatic heterocycles. The molecule has 2 aliphatic heterocycles. The molecule has 1 fully saturated rings. The number of nitrogens with zero attached hydrogens (tertiary/aromatic N) is 1. The largest absolute Gasteiger partial charge is 0.496 e. The van der Waals surface area contributed by atoms with Crippen LogP contribution in [-0.2, 0) is 9.47 Å². The van der Waals surface area contributed by atoms with Crippen LogP contribution in [0.15, 0.2) is 11.8 Å². The Morgan fingerprint density at radius 2 is 2.30 bits per heavy atom. The number of carbonyl (C=O) groups excluding carboxylic acids is 1. The number of ether oxygens (including phenoxy) is 2. The highest BCUT2D eigenvalue weighted by molar-refractivity contribution is 5.68. The maximum atomic E-state index is 12.1. The number of likely N-dealkylation sites (tertiary alicyclic amines) is 1. The van der Waals surface area contributed by atoms with Gasteiger partial charge in [-0.15, -0.1) is 0 Å². The van der Waals surface area contributed by atoms with Gasteiger partial charge in [0.1, 0.15) is 11.4 Å². The van der Waals surface area contributed by atoms with Crippen LogP contribution in [-0.4, -0.2) is 49.4 Å². The number of nitrogens with one attached hydrogen (secondary N) is 1. The molecule has 20 heavy (non-hydrogen) atoms. The maximum Gasteiger partial charge on any atom is 0.410 e. The van der Waals surface area contributed by atoms with Crippen LogP contribution in [0.2, 0.25) is 0 Å². The van der Waals surface area contributed by atoms with Crippen molar-refractivity contribution in [3.8, 4) is 0 Å². The average Bonchev–Trinajstić information content (AvgIpc) is 2.98. The molecular formula is C15H26N2O3. The van der Waals surface area contributed by atoms with Crippen molar-refractivity contribution in [2.45, 2.75) is 45.3 Å². The molecule has 1 amide bonds. The molecule has 0 aliphatic carbocycles. The van der Waals surface area contributed by atoms with Gasteiger partial charge in [-0.25, -0.2) is 4.79 Å². The molecule has 2 heterocycles. The Labute approximate surface area is 121 Å². The van der Waals surface area contributed by atoms with Gasteiger partial charge >= 0.3 is 6.09 Å². The summed E-state index contributed by atoms with van der Waals surface area (Å²) in [5.74, 6) is 1.42.